The lowest BCUT2D eigenvalue weighted by Crippen LogP contribution is -2.56. The summed E-state index contributed by atoms with van der Waals surface area (Å²) in [4.78, 5) is 19.7. The molecule has 1 saturated heterocycles. The van der Waals surface area contributed by atoms with Crippen molar-refractivity contribution in [1.29, 1.82) is 0 Å². The van der Waals surface area contributed by atoms with Crippen LogP contribution in [0, 0.1) is 0 Å². The molecule has 5 heteroatoms. The minimum absolute atomic E-state index is 0.0390. The molecule has 2 aliphatic rings. The Bertz CT molecular complexity index is 787. The molecular weight excluding hydrogens is 350 g/mol. The van der Waals surface area contributed by atoms with E-state index < -0.39 is 0 Å². The molecule has 4 rings (SSSR count). The summed E-state index contributed by atoms with van der Waals surface area (Å²) in [5, 5.41) is 0. The first-order chi connectivity index (χ1) is 13.7. The molecule has 0 N–H and O–H groups in total. The van der Waals surface area contributed by atoms with Crippen molar-refractivity contribution in [2.45, 2.75) is 19.0 Å². The molecule has 1 fully saturated rings. The zero-order chi connectivity index (χ0) is 19.3. The Morgan fingerprint density at radius 3 is 2.39 bits per heavy atom. The van der Waals surface area contributed by atoms with Gasteiger partial charge >= 0.3 is 0 Å². The molecule has 2 aromatic rings. The van der Waals surface area contributed by atoms with Gasteiger partial charge in [0.15, 0.2) is 0 Å². The fourth-order valence-corrected chi connectivity index (χ4v) is 4.14. The lowest BCUT2D eigenvalue weighted by molar-refractivity contribution is -0.138. The number of hydrogen-bond donors (Lipinski definition) is 0. The van der Waals surface area contributed by atoms with Crippen LogP contribution in [0.4, 0.5) is 0 Å². The molecule has 2 aromatic carbocycles. The summed E-state index contributed by atoms with van der Waals surface area (Å²) < 4.78 is 5.80. The van der Waals surface area contributed by atoms with E-state index >= 15 is 0 Å². The first kappa shape index (κ1) is 19.0. The number of carbonyl (C=O) groups excluding carboxylic acids is 1. The summed E-state index contributed by atoms with van der Waals surface area (Å²) in [7, 11) is 2.07. The smallest absolute Gasteiger partial charge is 0.240 e. The molecule has 148 valence electrons. The normalized spacial score (nSPS) is 20.6. The maximum atomic E-state index is 13.1. The van der Waals surface area contributed by atoms with Gasteiger partial charge in [0.1, 0.15) is 12.4 Å². The zero-order valence-corrected chi connectivity index (χ0v) is 16.6. The van der Waals surface area contributed by atoms with Crippen molar-refractivity contribution in [3.63, 3.8) is 0 Å². The average molecular weight is 380 g/mol. The first-order valence-electron chi connectivity index (χ1n) is 10.2. The van der Waals surface area contributed by atoms with Gasteiger partial charge in [-0.05, 0) is 36.7 Å². The van der Waals surface area contributed by atoms with Crippen molar-refractivity contribution in [1.82, 2.24) is 14.7 Å². The van der Waals surface area contributed by atoms with Crippen molar-refractivity contribution in [3.8, 4) is 5.75 Å². The van der Waals surface area contributed by atoms with E-state index in [9.17, 15) is 4.79 Å². The Balaban J connectivity index is 1.25. The Morgan fingerprint density at radius 2 is 1.64 bits per heavy atom. The second kappa shape index (κ2) is 8.76. The predicted molar refractivity (Wildman–Crippen MR) is 110 cm³/mol. The number of likely N-dealkylation sites (N-methyl/N-ethyl adjacent to an activating group) is 1. The van der Waals surface area contributed by atoms with Gasteiger partial charge in [-0.2, -0.15) is 0 Å². The van der Waals surface area contributed by atoms with E-state index in [0.717, 1.165) is 51.4 Å². The minimum atomic E-state index is -0.0390. The highest BCUT2D eigenvalue weighted by atomic mass is 16.5. The van der Waals surface area contributed by atoms with Crippen LogP contribution in [0.15, 0.2) is 54.6 Å². The maximum absolute atomic E-state index is 13.1. The lowest BCUT2D eigenvalue weighted by atomic mass is 9.93. The molecule has 0 spiro atoms. The summed E-state index contributed by atoms with van der Waals surface area (Å²) in [5.74, 6) is 1.19. The predicted octanol–water partition coefficient (Wildman–Crippen LogP) is 2.27. The third kappa shape index (κ3) is 4.37. The third-order valence-corrected chi connectivity index (χ3v) is 5.87. The number of piperazine rings is 1. The number of rotatable bonds is 5. The zero-order valence-electron chi connectivity index (χ0n) is 16.6. The number of nitrogens with zero attached hydrogens (tertiary/aromatic N) is 3. The fourth-order valence-electron chi connectivity index (χ4n) is 4.14. The molecule has 0 saturated carbocycles. The van der Waals surface area contributed by atoms with E-state index in [2.05, 4.69) is 41.1 Å². The number of carbonyl (C=O) groups is 1. The van der Waals surface area contributed by atoms with Crippen LogP contribution in [0.1, 0.15) is 11.1 Å². The van der Waals surface area contributed by atoms with Crippen LogP contribution in [-0.4, -0.2) is 73.0 Å². The van der Waals surface area contributed by atoms with Gasteiger partial charge in [0, 0.05) is 39.3 Å². The SMILES string of the molecule is CN1Cc2ccccc2CC1C(=O)N1CCN(CCOc2ccccc2)CC1. The topological polar surface area (TPSA) is 36.0 Å². The van der Waals surface area contributed by atoms with Crippen LogP contribution >= 0.6 is 0 Å². The minimum Gasteiger partial charge on any atom is -0.492 e. The number of fused-ring (bicyclic) bond motifs is 1. The van der Waals surface area contributed by atoms with Crippen LogP contribution in [-0.2, 0) is 17.8 Å². The summed E-state index contributed by atoms with van der Waals surface area (Å²) in [6.07, 6.45) is 0.816. The molecule has 2 aliphatic heterocycles. The van der Waals surface area contributed by atoms with E-state index in [0.29, 0.717) is 6.61 Å². The molecule has 1 unspecified atom stereocenters. The molecule has 0 bridgehead atoms. The summed E-state index contributed by atoms with van der Waals surface area (Å²) in [5.41, 5.74) is 2.66. The highest BCUT2D eigenvalue weighted by Crippen LogP contribution is 2.23. The lowest BCUT2D eigenvalue weighted by Gasteiger charge is -2.40. The second-order valence-electron chi connectivity index (χ2n) is 7.73. The van der Waals surface area contributed by atoms with Crippen LogP contribution < -0.4 is 4.74 Å². The third-order valence-electron chi connectivity index (χ3n) is 5.87. The second-order valence-corrected chi connectivity index (χ2v) is 7.73. The Labute approximate surface area is 167 Å². The standard InChI is InChI=1S/C23H29N3O2/c1-24-18-20-8-6-5-7-19(20)17-22(24)23(27)26-13-11-25(12-14-26)15-16-28-21-9-3-2-4-10-21/h2-10,22H,11-18H2,1H3. The van der Waals surface area contributed by atoms with Crippen molar-refractivity contribution in [3.05, 3.63) is 65.7 Å². The van der Waals surface area contributed by atoms with Crippen LogP contribution in [0.2, 0.25) is 0 Å². The molecule has 28 heavy (non-hydrogen) atoms. The Morgan fingerprint density at radius 1 is 0.964 bits per heavy atom. The highest BCUT2D eigenvalue weighted by Gasteiger charge is 2.33. The van der Waals surface area contributed by atoms with Crippen LogP contribution in [0.25, 0.3) is 0 Å². The highest BCUT2D eigenvalue weighted by molar-refractivity contribution is 5.82. The van der Waals surface area contributed by atoms with Crippen molar-refractivity contribution >= 4 is 5.91 Å². The van der Waals surface area contributed by atoms with E-state index in [1.54, 1.807) is 0 Å². The van der Waals surface area contributed by atoms with Gasteiger partial charge in [-0.25, -0.2) is 0 Å². The van der Waals surface area contributed by atoms with E-state index in [1.807, 2.05) is 35.2 Å². The quantitative estimate of drug-likeness (QED) is 0.799. The monoisotopic (exact) mass is 379 g/mol. The maximum Gasteiger partial charge on any atom is 0.240 e. The van der Waals surface area contributed by atoms with Gasteiger partial charge in [-0.1, -0.05) is 42.5 Å². The molecule has 0 aliphatic carbocycles. The molecule has 0 radical (unpaired) electrons. The fraction of sp³-hybridized carbons (Fsp3) is 0.435. The number of ether oxygens (including phenoxy) is 1. The van der Waals surface area contributed by atoms with E-state index in [1.165, 1.54) is 11.1 Å². The Kier molecular flexibility index (Phi) is 5.93. The molecule has 1 atom stereocenters. The largest absolute Gasteiger partial charge is 0.492 e. The van der Waals surface area contributed by atoms with Gasteiger partial charge < -0.3 is 9.64 Å². The Hall–Kier alpha value is -2.37. The number of para-hydroxylation sites is 1. The van der Waals surface area contributed by atoms with E-state index in [4.69, 9.17) is 4.74 Å². The van der Waals surface area contributed by atoms with Crippen molar-refractivity contribution in [2.24, 2.45) is 0 Å². The molecule has 0 aromatic heterocycles. The van der Waals surface area contributed by atoms with Crippen molar-refractivity contribution < 1.29 is 9.53 Å². The number of benzene rings is 2. The average Bonchev–Trinajstić information content (AvgIpc) is 2.74. The van der Waals surface area contributed by atoms with Crippen LogP contribution in [0.5, 0.6) is 5.75 Å². The molecule has 2 heterocycles. The van der Waals surface area contributed by atoms with Crippen molar-refractivity contribution in [2.75, 3.05) is 46.4 Å². The summed E-state index contributed by atoms with van der Waals surface area (Å²) >= 11 is 0. The summed E-state index contributed by atoms with van der Waals surface area (Å²) in [6, 6.07) is 18.4. The van der Waals surface area contributed by atoms with Gasteiger partial charge in [0.25, 0.3) is 0 Å². The first-order valence-corrected chi connectivity index (χ1v) is 10.2. The molecular formula is C23H29N3O2. The molecule has 1 amide bonds. The number of hydrogen-bond acceptors (Lipinski definition) is 4. The van der Waals surface area contributed by atoms with Gasteiger partial charge in [-0.3, -0.25) is 14.6 Å². The van der Waals surface area contributed by atoms with E-state index in [-0.39, 0.29) is 11.9 Å². The summed E-state index contributed by atoms with van der Waals surface area (Å²) in [6.45, 7) is 5.86. The molecule has 5 nitrogen and oxygen atoms in total. The number of amides is 1. The van der Waals surface area contributed by atoms with Gasteiger partial charge in [0.2, 0.25) is 5.91 Å². The van der Waals surface area contributed by atoms with Gasteiger partial charge in [-0.15, -0.1) is 0 Å². The van der Waals surface area contributed by atoms with Crippen LogP contribution in [0.3, 0.4) is 0 Å². The van der Waals surface area contributed by atoms with Gasteiger partial charge in [0.05, 0.1) is 6.04 Å².